The van der Waals surface area contributed by atoms with Gasteiger partial charge in [-0.15, -0.1) is 0 Å². The SMILES string of the molecule is CNC(C)(C#N)CCCN(C)CCS(C)(=O)=O. The molecule has 0 saturated heterocycles. The lowest BCUT2D eigenvalue weighted by molar-refractivity contribution is 0.322. The van der Waals surface area contributed by atoms with E-state index in [0.717, 1.165) is 19.4 Å². The van der Waals surface area contributed by atoms with Crippen LogP contribution in [0.2, 0.25) is 0 Å². The highest BCUT2D eigenvalue weighted by Gasteiger charge is 2.20. The van der Waals surface area contributed by atoms with Gasteiger partial charge in [-0.25, -0.2) is 8.42 Å². The fourth-order valence-electron chi connectivity index (χ4n) is 1.37. The van der Waals surface area contributed by atoms with Crippen LogP contribution in [0, 0.1) is 11.3 Å². The molecule has 0 bridgehead atoms. The molecule has 100 valence electrons. The monoisotopic (exact) mass is 261 g/mol. The number of nitriles is 1. The van der Waals surface area contributed by atoms with Crippen LogP contribution in [-0.4, -0.2) is 58.1 Å². The van der Waals surface area contributed by atoms with Crippen LogP contribution in [0.4, 0.5) is 0 Å². The van der Waals surface area contributed by atoms with Crippen molar-refractivity contribution < 1.29 is 8.42 Å². The summed E-state index contributed by atoms with van der Waals surface area (Å²) < 4.78 is 22.0. The molecule has 1 N–H and O–H groups in total. The van der Waals surface area contributed by atoms with Crippen molar-refractivity contribution in [3.63, 3.8) is 0 Å². The average molecular weight is 261 g/mol. The van der Waals surface area contributed by atoms with E-state index in [9.17, 15) is 8.42 Å². The number of nitrogens with zero attached hydrogens (tertiary/aromatic N) is 2. The maximum absolute atomic E-state index is 11.0. The lowest BCUT2D eigenvalue weighted by Crippen LogP contribution is -2.38. The molecular formula is C11H23N3O2S. The van der Waals surface area contributed by atoms with E-state index in [1.807, 2.05) is 18.9 Å². The van der Waals surface area contributed by atoms with Crippen LogP contribution in [0.15, 0.2) is 0 Å². The van der Waals surface area contributed by atoms with E-state index in [1.165, 1.54) is 6.26 Å². The van der Waals surface area contributed by atoms with Crippen LogP contribution in [-0.2, 0) is 9.84 Å². The number of nitrogens with one attached hydrogen (secondary N) is 1. The van der Waals surface area contributed by atoms with Gasteiger partial charge in [0.05, 0.1) is 11.8 Å². The summed E-state index contributed by atoms with van der Waals surface area (Å²) in [5.74, 6) is 0.186. The van der Waals surface area contributed by atoms with Crippen LogP contribution in [0.5, 0.6) is 0 Å². The normalized spacial score (nSPS) is 15.5. The van der Waals surface area contributed by atoms with E-state index in [-0.39, 0.29) is 5.75 Å². The molecule has 1 atom stereocenters. The first-order valence-electron chi connectivity index (χ1n) is 5.69. The van der Waals surface area contributed by atoms with E-state index in [0.29, 0.717) is 6.54 Å². The molecule has 0 spiro atoms. The van der Waals surface area contributed by atoms with Crippen LogP contribution < -0.4 is 5.32 Å². The third kappa shape index (κ3) is 8.13. The van der Waals surface area contributed by atoms with Crippen molar-refractivity contribution in [2.75, 3.05) is 39.2 Å². The highest BCUT2D eigenvalue weighted by atomic mass is 32.2. The van der Waals surface area contributed by atoms with Gasteiger partial charge in [-0.2, -0.15) is 5.26 Å². The third-order valence-electron chi connectivity index (χ3n) is 2.86. The molecule has 0 rings (SSSR count). The Balaban J connectivity index is 3.87. The zero-order chi connectivity index (χ0) is 13.5. The summed E-state index contributed by atoms with van der Waals surface area (Å²) in [6, 6.07) is 2.23. The van der Waals surface area contributed by atoms with Crippen molar-refractivity contribution in [1.29, 1.82) is 5.26 Å². The smallest absolute Gasteiger partial charge is 0.148 e. The molecule has 0 radical (unpaired) electrons. The lowest BCUT2D eigenvalue weighted by atomic mass is 9.98. The lowest BCUT2D eigenvalue weighted by Gasteiger charge is -2.22. The molecule has 0 aliphatic rings. The summed E-state index contributed by atoms with van der Waals surface area (Å²) in [4.78, 5) is 1.98. The van der Waals surface area contributed by atoms with Crippen molar-refractivity contribution in [3.8, 4) is 6.07 Å². The molecule has 0 aliphatic carbocycles. The minimum Gasteiger partial charge on any atom is -0.305 e. The average Bonchev–Trinajstić information content (AvgIpc) is 2.25. The zero-order valence-corrected chi connectivity index (χ0v) is 12.0. The second kappa shape index (κ2) is 6.94. The zero-order valence-electron chi connectivity index (χ0n) is 11.2. The molecule has 0 aromatic carbocycles. The summed E-state index contributed by atoms with van der Waals surface area (Å²) in [5.41, 5.74) is -0.488. The maximum Gasteiger partial charge on any atom is 0.148 e. The van der Waals surface area contributed by atoms with Gasteiger partial charge in [0.15, 0.2) is 0 Å². The Morgan fingerprint density at radius 1 is 1.41 bits per heavy atom. The van der Waals surface area contributed by atoms with Crippen molar-refractivity contribution in [2.45, 2.75) is 25.3 Å². The third-order valence-corrected chi connectivity index (χ3v) is 3.78. The molecule has 0 aromatic rings. The predicted octanol–water partition coefficient (Wildman–Crippen LogP) is 0.245. The highest BCUT2D eigenvalue weighted by Crippen LogP contribution is 2.10. The van der Waals surface area contributed by atoms with Gasteiger partial charge in [0, 0.05) is 12.8 Å². The van der Waals surface area contributed by atoms with Crippen molar-refractivity contribution in [1.82, 2.24) is 10.2 Å². The Bertz CT molecular complexity index is 361. The molecule has 6 heteroatoms. The molecule has 0 saturated carbocycles. The van der Waals surface area contributed by atoms with Crippen molar-refractivity contribution >= 4 is 9.84 Å². The molecule has 0 amide bonds. The second-order valence-electron chi connectivity index (χ2n) is 4.73. The van der Waals surface area contributed by atoms with Gasteiger partial charge in [-0.05, 0) is 40.4 Å². The topological polar surface area (TPSA) is 73.2 Å². The summed E-state index contributed by atoms with van der Waals surface area (Å²) in [7, 11) is 0.783. The second-order valence-corrected chi connectivity index (χ2v) is 6.99. The summed E-state index contributed by atoms with van der Waals surface area (Å²) in [6.45, 7) is 3.21. The highest BCUT2D eigenvalue weighted by molar-refractivity contribution is 7.90. The van der Waals surface area contributed by atoms with Gasteiger partial charge in [0.2, 0.25) is 0 Å². The fourth-order valence-corrected chi connectivity index (χ4v) is 2.02. The first kappa shape index (κ1) is 16.4. The first-order valence-corrected chi connectivity index (χ1v) is 7.75. The van der Waals surface area contributed by atoms with Crippen LogP contribution in [0.1, 0.15) is 19.8 Å². The number of hydrogen-bond donors (Lipinski definition) is 1. The van der Waals surface area contributed by atoms with Gasteiger partial charge in [-0.1, -0.05) is 0 Å². The first-order chi connectivity index (χ1) is 7.72. The van der Waals surface area contributed by atoms with E-state index < -0.39 is 15.4 Å². The summed E-state index contributed by atoms with van der Waals surface area (Å²) >= 11 is 0. The molecule has 0 aromatic heterocycles. The molecule has 0 aliphatic heterocycles. The Morgan fingerprint density at radius 2 is 2.00 bits per heavy atom. The Labute approximate surface area is 105 Å². The molecule has 17 heavy (non-hydrogen) atoms. The number of sulfone groups is 1. The van der Waals surface area contributed by atoms with Gasteiger partial charge < -0.3 is 10.2 Å². The van der Waals surface area contributed by atoms with Gasteiger partial charge >= 0.3 is 0 Å². The predicted molar refractivity (Wildman–Crippen MR) is 69.5 cm³/mol. The summed E-state index contributed by atoms with van der Waals surface area (Å²) in [6.07, 6.45) is 2.86. The van der Waals surface area contributed by atoms with Crippen LogP contribution in [0.3, 0.4) is 0 Å². The minimum absolute atomic E-state index is 0.186. The van der Waals surface area contributed by atoms with Crippen LogP contribution >= 0.6 is 0 Å². The molecule has 1 unspecified atom stereocenters. The summed E-state index contributed by atoms with van der Waals surface area (Å²) in [5, 5.41) is 11.9. The maximum atomic E-state index is 11.0. The Morgan fingerprint density at radius 3 is 2.41 bits per heavy atom. The van der Waals surface area contributed by atoms with E-state index in [2.05, 4.69) is 11.4 Å². The Kier molecular flexibility index (Phi) is 6.68. The number of rotatable bonds is 8. The van der Waals surface area contributed by atoms with E-state index in [1.54, 1.807) is 7.05 Å². The van der Waals surface area contributed by atoms with Gasteiger partial charge in [0.1, 0.15) is 15.4 Å². The largest absolute Gasteiger partial charge is 0.305 e. The molecular weight excluding hydrogens is 238 g/mol. The number of hydrogen-bond acceptors (Lipinski definition) is 5. The van der Waals surface area contributed by atoms with Crippen LogP contribution in [0.25, 0.3) is 0 Å². The minimum atomic E-state index is -2.89. The van der Waals surface area contributed by atoms with Gasteiger partial charge in [-0.3, -0.25) is 0 Å². The van der Waals surface area contributed by atoms with E-state index >= 15 is 0 Å². The van der Waals surface area contributed by atoms with E-state index in [4.69, 9.17) is 5.26 Å². The van der Waals surface area contributed by atoms with Crippen molar-refractivity contribution in [2.24, 2.45) is 0 Å². The molecule has 5 nitrogen and oxygen atoms in total. The standard InChI is InChI=1S/C11H23N3O2S/c1-11(10-12,13-2)6-5-7-14(3)8-9-17(4,15)16/h13H,5-9H2,1-4H3. The van der Waals surface area contributed by atoms with Gasteiger partial charge in [0.25, 0.3) is 0 Å². The Hall–Kier alpha value is -0.640. The van der Waals surface area contributed by atoms with Crippen molar-refractivity contribution in [3.05, 3.63) is 0 Å². The fraction of sp³-hybridized carbons (Fsp3) is 0.909. The molecule has 0 heterocycles. The molecule has 0 fully saturated rings. The quantitative estimate of drug-likeness (QED) is 0.678.